The Balaban J connectivity index is 2.58. The first-order chi connectivity index (χ1) is 11.8. The lowest BCUT2D eigenvalue weighted by atomic mass is 10.3. The highest BCUT2D eigenvalue weighted by Gasteiger charge is 2.10. The number of nitrogens with zero attached hydrogens (tertiary/aromatic N) is 3. The van der Waals surface area contributed by atoms with Crippen molar-refractivity contribution < 1.29 is 29.5 Å². The van der Waals surface area contributed by atoms with Crippen LogP contribution in [-0.4, -0.2) is 69.9 Å². The lowest BCUT2D eigenvalue weighted by Gasteiger charge is -2.09. The van der Waals surface area contributed by atoms with Gasteiger partial charge in [0.2, 0.25) is 0 Å². The van der Waals surface area contributed by atoms with Crippen molar-refractivity contribution in [1.29, 1.82) is 0 Å². The van der Waals surface area contributed by atoms with Gasteiger partial charge >= 0.3 is 18.0 Å². The molecule has 0 unspecified atom stereocenters. The zero-order chi connectivity index (χ0) is 17.5. The normalized spacial score (nSPS) is 10.6. The van der Waals surface area contributed by atoms with Crippen LogP contribution in [0.3, 0.4) is 0 Å². The van der Waals surface area contributed by atoms with Crippen LogP contribution in [0.1, 0.15) is 38.5 Å². The summed E-state index contributed by atoms with van der Waals surface area (Å²) in [5.74, 6) is 0. The van der Waals surface area contributed by atoms with Gasteiger partial charge in [-0.25, -0.2) is 0 Å². The first kappa shape index (κ1) is 20.3. The lowest BCUT2D eigenvalue weighted by Crippen LogP contribution is -2.09. The van der Waals surface area contributed by atoms with E-state index in [1.807, 2.05) is 0 Å². The third-order valence-corrected chi connectivity index (χ3v) is 2.92. The van der Waals surface area contributed by atoms with Crippen LogP contribution in [0.15, 0.2) is 0 Å². The molecule has 0 aliphatic rings. The molecule has 0 saturated carbocycles. The maximum absolute atomic E-state index is 8.76. The van der Waals surface area contributed by atoms with Crippen LogP contribution in [0.25, 0.3) is 0 Å². The Morgan fingerprint density at radius 2 is 0.792 bits per heavy atom. The molecule has 3 N–H and O–H groups in total. The molecule has 0 aliphatic heterocycles. The SMILES string of the molecule is OCCCCOc1nc(OCCCCO)nc(OCCCCO)n1. The van der Waals surface area contributed by atoms with Crippen molar-refractivity contribution in [1.82, 2.24) is 15.0 Å². The molecule has 1 aromatic rings. The fraction of sp³-hybridized carbons (Fsp3) is 0.800. The van der Waals surface area contributed by atoms with Gasteiger partial charge in [0.05, 0.1) is 19.8 Å². The van der Waals surface area contributed by atoms with Gasteiger partial charge in [0.1, 0.15) is 0 Å². The van der Waals surface area contributed by atoms with Crippen LogP contribution < -0.4 is 14.2 Å². The van der Waals surface area contributed by atoms with E-state index in [4.69, 9.17) is 29.5 Å². The second kappa shape index (κ2) is 13.7. The molecular formula is C15H27N3O6. The van der Waals surface area contributed by atoms with E-state index in [0.29, 0.717) is 58.3 Å². The molecule has 138 valence electrons. The van der Waals surface area contributed by atoms with Crippen LogP contribution in [0.2, 0.25) is 0 Å². The minimum Gasteiger partial charge on any atom is -0.463 e. The van der Waals surface area contributed by atoms with Crippen molar-refractivity contribution in [2.24, 2.45) is 0 Å². The van der Waals surface area contributed by atoms with Crippen molar-refractivity contribution in [3.05, 3.63) is 0 Å². The number of hydrogen-bond acceptors (Lipinski definition) is 9. The number of aliphatic hydroxyl groups is 3. The number of aromatic nitrogens is 3. The van der Waals surface area contributed by atoms with E-state index in [1.54, 1.807) is 0 Å². The van der Waals surface area contributed by atoms with E-state index in [1.165, 1.54) is 0 Å². The average Bonchev–Trinajstić information content (AvgIpc) is 2.59. The predicted octanol–water partition coefficient (Wildman–Crippen LogP) is 0.325. The van der Waals surface area contributed by atoms with Gasteiger partial charge in [-0.1, -0.05) is 0 Å². The number of hydrogen-bond donors (Lipinski definition) is 3. The molecule has 0 amide bonds. The molecule has 0 radical (unpaired) electrons. The summed E-state index contributed by atoms with van der Waals surface area (Å²) >= 11 is 0. The number of rotatable bonds is 15. The summed E-state index contributed by atoms with van der Waals surface area (Å²) in [6, 6.07) is 0.326. The summed E-state index contributed by atoms with van der Waals surface area (Å²) < 4.78 is 16.3. The first-order valence-corrected chi connectivity index (χ1v) is 8.27. The van der Waals surface area contributed by atoms with Gasteiger partial charge in [-0.2, -0.15) is 0 Å². The van der Waals surface area contributed by atoms with Crippen molar-refractivity contribution in [3.63, 3.8) is 0 Å². The third kappa shape index (κ3) is 9.43. The Morgan fingerprint density at radius 1 is 0.500 bits per heavy atom. The Kier molecular flexibility index (Phi) is 11.6. The summed E-state index contributed by atoms with van der Waals surface area (Å²) in [6.07, 6.45) is 3.96. The van der Waals surface area contributed by atoms with Crippen molar-refractivity contribution in [3.8, 4) is 18.0 Å². The van der Waals surface area contributed by atoms with Crippen molar-refractivity contribution >= 4 is 0 Å². The molecular weight excluding hydrogens is 318 g/mol. The quantitative estimate of drug-likeness (QED) is 0.385. The topological polar surface area (TPSA) is 127 Å². The Morgan fingerprint density at radius 3 is 1.04 bits per heavy atom. The van der Waals surface area contributed by atoms with E-state index in [-0.39, 0.29) is 37.9 Å². The summed E-state index contributed by atoms with van der Waals surface area (Å²) in [5.41, 5.74) is 0. The molecule has 9 heteroatoms. The molecule has 0 bridgehead atoms. The molecule has 1 heterocycles. The van der Waals surface area contributed by atoms with Gasteiger partial charge in [0, 0.05) is 19.8 Å². The molecule has 1 aromatic heterocycles. The van der Waals surface area contributed by atoms with Crippen LogP contribution in [0.5, 0.6) is 18.0 Å². The average molecular weight is 345 g/mol. The summed E-state index contributed by atoms with van der Waals surface area (Å²) in [7, 11) is 0. The number of aliphatic hydroxyl groups excluding tert-OH is 3. The maximum Gasteiger partial charge on any atom is 0.325 e. The zero-order valence-electron chi connectivity index (χ0n) is 13.9. The van der Waals surface area contributed by atoms with Crippen LogP contribution in [0.4, 0.5) is 0 Å². The minimum atomic E-state index is 0.109. The van der Waals surface area contributed by atoms with Crippen LogP contribution in [0, 0.1) is 0 Å². The Bertz CT molecular complexity index is 361. The molecule has 0 aromatic carbocycles. The van der Waals surface area contributed by atoms with E-state index in [2.05, 4.69) is 15.0 Å². The molecule has 0 fully saturated rings. The van der Waals surface area contributed by atoms with Gasteiger partial charge in [0.15, 0.2) is 0 Å². The maximum atomic E-state index is 8.76. The largest absolute Gasteiger partial charge is 0.463 e. The van der Waals surface area contributed by atoms with Crippen molar-refractivity contribution in [2.45, 2.75) is 38.5 Å². The minimum absolute atomic E-state index is 0.109. The van der Waals surface area contributed by atoms with Gasteiger partial charge in [-0.15, -0.1) is 15.0 Å². The van der Waals surface area contributed by atoms with E-state index < -0.39 is 0 Å². The lowest BCUT2D eigenvalue weighted by molar-refractivity contribution is 0.211. The monoisotopic (exact) mass is 345 g/mol. The molecule has 0 saturated heterocycles. The van der Waals surface area contributed by atoms with Gasteiger partial charge in [-0.3, -0.25) is 0 Å². The molecule has 9 nitrogen and oxygen atoms in total. The van der Waals surface area contributed by atoms with Crippen LogP contribution >= 0.6 is 0 Å². The number of ether oxygens (including phenoxy) is 3. The Labute approximate surface area is 141 Å². The second-order valence-corrected chi connectivity index (χ2v) is 5.02. The standard InChI is InChI=1S/C15H27N3O6/c19-7-1-4-10-22-13-16-14(23-11-5-2-8-20)18-15(17-13)24-12-6-3-9-21/h19-21H,1-12H2. The highest BCUT2D eigenvalue weighted by Crippen LogP contribution is 2.15. The smallest absolute Gasteiger partial charge is 0.325 e. The highest BCUT2D eigenvalue weighted by atomic mass is 16.5. The third-order valence-electron chi connectivity index (χ3n) is 2.92. The first-order valence-electron chi connectivity index (χ1n) is 8.27. The van der Waals surface area contributed by atoms with E-state index >= 15 is 0 Å². The van der Waals surface area contributed by atoms with Gasteiger partial charge < -0.3 is 29.5 Å². The van der Waals surface area contributed by atoms with Crippen molar-refractivity contribution in [2.75, 3.05) is 39.6 Å². The predicted molar refractivity (Wildman–Crippen MR) is 85.3 cm³/mol. The van der Waals surface area contributed by atoms with E-state index in [9.17, 15) is 0 Å². The van der Waals surface area contributed by atoms with E-state index in [0.717, 1.165) is 0 Å². The highest BCUT2D eigenvalue weighted by molar-refractivity contribution is 5.08. The summed E-state index contributed by atoms with van der Waals surface area (Å²) in [5, 5.41) is 26.3. The second-order valence-electron chi connectivity index (χ2n) is 5.02. The molecule has 0 spiro atoms. The fourth-order valence-corrected chi connectivity index (χ4v) is 1.65. The van der Waals surface area contributed by atoms with Crippen LogP contribution in [-0.2, 0) is 0 Å². The van der Waals surface area contributed by atoms with Gasteiger partial charge in [-0.05, 0) is 38.5 Å². The Hall–Kier alpha value is -1.71. The summed E-state index contributed by atoms with van der Waals surface area (Å²) in [4.78, 5) is 12.2. The number of unbranched alkanes of at least 4 members (excludes halogenated alkanes) is 3. The molecule has 0 atom stereocenters. The zero-order valence-corrected chi connectivity index (χ0v) is 13.9. The van der Waals surface area contributed by atoms with Gasteiger partial charge in [0.25, 0.3) is 0 Å². The molecule has 24 heavy (non-hydrogen) atoms. The summed E-state index contributed by atoms with van der Waals surface area (Å²) in [6.45, 7) is 1.45. The molecule has 1 rings (SSSR count). The fourth-order valence-electron chi connectivity index (χ4n) is 1.65. The molecule has 0 aliphatic carbocycles.